The van der Waals surface area contributed by atoms with Gasteiger partial charge >= 0.3 is 224 Å². The molecule has 0 rings (SSSR count). The average molecular weight is 1020 g/mol. The van der Waals surface area contributed by atoms with Gasteiger partial charge in [0.2, 0.25) is 0 Å². The Bertz CT molecular complexity index is 629. The summed E-state index contributed by atoms with van der Waals surface area (Å²) < 4.78 is 173. The van der Waals surface area contributed by atoms with E-state index in [4.69, 9.17) is 71.6 Å². The van der Waals surface area contributed by atoms with Crippen LogP contribution >= 0.6 is 0 Å². The van der Waals surface area contributed by atoms with Gasteiger partial charge in [0, 0.05) is 0 Å². The Kier molecular flexibility index (Phi) is 51.6. The number of hydrogen-bond donors (Lipinski definition) is 0. The van der Waals surface area contributed by atoms with E-state index >= 15 is 0 Å². The molecule has 20 nitrogen and oxygen atoms in total. The van der Waals surface area contributed by atoms with Gasteiger partial charge in [-0.25, -0.2) is 0 Å². The molecule has 0 amide bonds. The van der Waals surface area contributed by atoms with Crippen molar-refractivity contribution < 1.29 is 224 Å². The summed E-state index contributed by atoms with van der Waals surface area (Å²) in [6.45, 7) is 0. The molecule has 0 heterocycles. The molecular weight excluding hydrogens is 1020 g/mol. The van der Waals surface area contributed by atoms with E-state index < -0.39 is 83.7 Å². The van der Waals surface area contributed by atoms with Crippen LogP contribution in [0.4, 0.5) is 0 Å². The van der Waals surface area contributed by atoms with Crippen LogP contribution in [0.3, 0.4) is 0 Å². The minimum absolute atomic E-state index is 0. The minimum atomic E-state index is -6.02. The average Bonchev–Trinajstić information content (AvgIpc) is 1.79. The van der Waals surface area contributed by atoms with Crippen molar-refractivity contribution >= 4 is 0 Å². The second kappa shape index (κ2) is 25.7. The zero-order chi connectivity index (χ0) is 22.5. The van der Waals surface area contributed by atoms with Crippen LogP contribution in [0, 0.1) is 0 Å². The van der Waals surface area contributed by atoms with Crippen molar-refractivity contribution in [2.45, 2.75) is 0 Å². The van der Waals surface area contributed by atoms with Crippen LogP contribution < -0.4 is 37.6 Å². The van der Waals surface area contributed by atoms with Gasteiger partial charge in [-0.2, -0.15) is 0 Å². The molecule has 0 spiro atoms. The monoisotopic (exact) mass is 1030 g/mol. The molecule has 0 fully saturated rings. The van der Waals surface area contributed by atoms with Gasteiger partial charge in [-0.05, 0) is 0 Å². The third-order valence-corrected chi connectivity index (χ3v) is 0. The van der Waals surface area contributed by atoms with E-state index in [1.165, 1.54) is 0 Å². The molecule has 0 atom stereocenters. The normalized spacial score (nSPS) is 10.0. The Morgan fingerprint density at radius 3 is 0.276 bits per heavy atom. The van der Waals surface area contributed by atoms with Gasteiger partial charge in [-0.1, -0.05) is 0 Å². The van der Waals surface area contributed by atoms with E-state index in [2.05, 4.69) is 0 Å². The molecule has 0 unspecified atom stereocenters. The van der Waals surface area contributed by atoms with Gasteiger partial charge in [-0.3, -0.25) is 0 Å². The van der Waals surface area contributed by atoms with Gasteiger partial charge in [0.15, 0.2) is 0 Å². The molecule has 0 aliphatic heterocycles. The van der Waals surface area contributed by atoms with Crippen LogP contribution in [0.1, 0.15) is 0 Å². The third-order valence-electron chi connectivity index (χ3n) is 0. The fourth-order valence-corrected chi connectivity index (χ4v) is 0. The van der Waals surface area contributed by atoms with Crippen molar-refractivity contribution in [1.82, 2.24) is 0 Å². The van der Waals surface area contributed by atoms with E-state index in [0.717, 1.165) is 0 Å². The Labute approximate surface area is 220 Å². The van der Waals surface area contributed by atoms with Crippen LogP contribution in [0.15, 0.2) is 0 Å². The van der Waals surface area contributed by atoms with Gasteiger partial charge in [0.05, 0.1) is 0 Å². The van der Waals surface area contributed by atoms with Crippen LogP contribution in [0.25, 0.3) is 0 Å². The van der Waals surface area contributed by atoms with Crippen molar-refractivity contribution in [3.63, 3.8) is 0 Å². The maximum atomic E-state index is 8.63. The van der Waals surface area contributed by atoms with E-state index in [1.54, 1.807) is 0 Å². The standard InChI is InChI=1S/2Co.2Cr.5Mo.20O/q2*+2;2*+3;;;;;;;;;;;;;;;;10*-1. The van der Waals surface area contributed by atoms with Crippen molar-refractivity contribution in [1.29, 1.82) is 0 Å². The molecule has 0 aliphatic rings. The molecule has 0 saturated heterocycles. The van der Waals surface area contributed by atoms with Gasteiger partial charge in [0.1, 0.15) is 0 Å². The molecule has 0 aliphatic carbocycles. The molecule has 0 N–H and O–H groups in total. The predicted molar refractivity (Wildman–Crippen MR) is 6.86 cm³/mol. The van der Waals surface area contributed by atoms with Crippen molar-refractivity contribution in [2.75, 3.05) is 0 Å². The summed E-state index contributed by atoms with van der Waals surface area (Å²) in [5.41, 5.74) is 0. The van der Waals surface area contributed by atoms with Crippen LogP contribution in [-0.2, 0) is 186 Å². The first-order valence-corrected chi connectivity index (χ1v) is 19.7. The fourth-order valence-electron chi connectivity index (χ4n) is 0. The van der Waals surface area contributed by atoms with E-state index in [0.29, 0.717) is 0 Å². The second-order valence-electron chi connectivity index (χ2n) is 2.04. The molecule has 0 aromatic rings. The van der Waals surface area contributed by atoms with Crippen LogP contribution in [-0.4, -0.2) is 0 Å². The summed E-state index contributed by atoms with van der Waals surface area (Å²) in [4.78, 5) is 0. The predicted octanol–water partition coefficient (Wildman–Crippen LogP) is -13.1. The summed E-state index contributed by atoms with van der Waals surface area (Å²) in [6, 6.07) is 0. The number of rotatable bonds is 0. The first-order valence-electron chi connectivity index (χ1n) is 3.33. The van der Waals surface area contributed by atoms with Gasteiger partial charge in [-0.15, -0.1) is 0 Å². The summed E-state index contributed by atoms with van der Waals surface area (Å²) in [6.07, 6.45) is 0. The molecule has 0 aromatic heterocycles. The van der Waals surface area contributed by atoms with E-state index in [9.17, 15) is 0 Å². The van der Waals surface area contributed by atoms with Crippen molar-refractivity contribution in [3.05, 3.63) is 0 Å². The van der Waals surface area contributed by atoms with Gasteiger partial charge < -0.3 is 0 Å². The first-order chi connectivity index (χ1) is 10.0. The molecule has 29 heavy (non-hydrogen) atoms. The molecule has 29 heteroatoms. The zero-order valence-corrected chi connectivity index (χ0v) is 26.4. The molecule has 0 aromatic carbocycles. The van der Waals surface area contributed by atoms with Crippen molar-refractivity contribution in [2.24, 2.45) is 0 Å². The first kappa shape index (κ1) is 58.2. The van der Waals surface area contributed by atoms with Crippen LogP contribution in [0.5, 0.6) is 0 Å². The fraction of sp³-hybridized carbons (Fsp3) is 0. The SMILES string of the molecule is [Co+2].[Co+2].[Cr+3].[Cr+3].[O]=[Mo](=[O])([O-])[O-].[O]=[Mo](=[O])([O-])[O-].[O]=[Mo](=[O])([O-])[O-].[O]=[Mo](=[O])([O-])[O-].[O]=[Mo](=[O])([O-])[O-]. The topological polar surface area (TPSA) is 401 Å². The van der Waals surface area contributed by atoms with Crippen LogP contribution in [0.2, 0.25) is 0 Å². The summed E-state index contributed by atoms with van der Waals surface area (Å²) in [5, 5.41) is 0. The molecular formula is Co2Cr2Mo5O20. The molecule has 4 radical (unpaired) electrons. The van der Waals surface area contributed by atoms with E-state index in [1.807, 2.05) is 0 Å². The quantitative estimate of drug-likeness (QED) is 0.203. The maximum absolute atomic E-state index is 8.63. The zero-order valence-electron chi connectivity index (χ0n) is 11.7. The van der Waals surface area contributed by atoms with Gasteiger partial charge in [0.25, 0.3) is 0 Å². The Morgan fingerprint density at radius 1 is 0.276 bits per heavy atom. The molecule has 0 saturated carbocycles. The second-order valence-corrected chi connectivity index (χ2v) is 12.1. The molecule has 0 bridgehead atoms. The van der Waals surface area contributed by atoms with E-state index in [-0.39, 0.29) is 68.3 Å². The Balaban J connectivity index is -0.0000000238. The Morgan fingerprint density at radius 2 is 0.276 bits per heavy atom. The summed E-state index contributed by atoms with van der Waals surface area (Å²) >= 11 is -30.1. The summed E-state index contributed by atoms with van der Waals surface area (Å²) in [7, 11) is 0. The molecule has 180 valence electrons. The Hall–Kier alpha value is 3.12. The third kappa shape index (κ3) is 2710. The van der Waals surface area contributed by atoms with Crippen molar-refractivity contribution in [3.8, 4) is 0 Å². The number of hydrogen-bond acceptors (Lipinski definition) is 20. The summed E-state index contributed by atoms with van der Waals surface area (Å²) in [5.74, 6) is 0.